The number of aliphatic hydroxyl groups excluding tert-OH is 1. The molecule has 1 heterocycles. The second kappa shape index (κ2) is 5.62. The first-order valence-electron chi connectivity index (χ1n) is 6.65. The number of hydrogen-bond acceptors (Lipinski definition) is 2. The van der Waals surface area contributed by atoms with Crippen LogP contribution >= 0.6 is 15.9 Å². The standard InChI is InChI=1S/C17H14BrFO2/c1-10-5-6-13(19)7-12(10)8-15(20)16-9-11-3-2-4-14(18)17(11)21-16/h2-7,9,15,20H,8H2,1H3. The summed E-state index contributed by atoms with van der Waals surface area (Å²) in [5.74, 6) is 0.190. The molecule has 2 nitrogen and oxygen atoms in total. The van der Waals surface area contributed by atoms with Crippen LogP contribution in [0.4, 0.5) is 4.39 Å². The fraction of sp³-hybridized carbons (Fsp3) is 0.176. The average Bonchev–Trinajstić information content (AvgIpc) is 2.88. The number of aryl methyl sites for hydroxylation is 1. The molecule has 1 unspecified atom stereocenters. The predicted molar refractivity (Wildman–Crippen MR) is 83.7 cm³/mol. The molecular weight excluding hydrogens is 335 g/mol. The Bertz CT molecular complexity index is 795. The molecule has 2 aromatic carbocycles. The summed E-state index contributed by atoms with van der Waals surface area (Å²) >= 11 is 3.42. The molecule has 21 heavy (non-hydrogen) atoms. The van der Waals surface area contributed by atoms with Crippen LogP contribution in [0.2, 0.25) is 0 Å². The maximum absolute atomic E-state index is 13.3. The lowest BCUT2D eigenvalue weighted by Gasteiger charge is -2.10. The molecule has 0 aliphatic heterocycles. The molecule has 0 radical (unpaired) electrons. The van der Waals surface area contributed by atoms with Gasteiger partial charge in [-0.1, -0.05) is 18.2 Å². The highest BCUT2D eigenvalue weighted by atomic mass is 79.9. The Morgan fingerprint density at radius 2 is 2.05 bits per heavy atom. The molecule has 1 aromatic heterocycles. The van der Waals surface area contributed by atoms with Crippen molar-refractivity contribution in [3.8, 4) is 0 Å². The van der Waals surface area contributed by atoms with Crippen molar-refractivity contribution in [2.75, 3.05) is 0 Å². The van der Waals surface area contributed by atoms with Crippen molar-refractivity contribution in [3.63, 3.8) is 0 Å². The van der Waals surface area contributed by atoms with E-state index in [9.17, 15) is 9.50 Å². The molecule has 0 aliphatic carbocycles. The van der Waals surface area contributed by atoms with Crippen LogP contribution in [0.25, 0.3) is 11.0 Å². The summed E-state index contributed by atoms with van der Waals surface area (Å²) < 4.78 is 19.9. The van der Waals surface area contributed by atoms with E-state index in [0.717, 1.165) is 21.0 Å². The van der Waals surface area contributed by atoms with Gasteiger partial charge < -0.3 is 9.52 Å². The van der Waals surface area contributed by atoms with Crippen molar-refractivity contribution in [2.24, 2.45) is 0 Å². The lowest BCUT2D eigenvalue weighted by Crippen LogP contribution is -2.02. The monoisotopic (exact) mass is 348 g/mol. The summed E-state index contributed by atoms with van der Waals surface area (Å²) in [6.07, 6.45) is -0.481. The van der Waals surface area contributed by atoms with Gasteiger partial charge in [0.05, 0.1) is 4.47 Å². The van der Waals surface area contributed by atoms with Crippen molar-refractivity contribution in [3.05, 3.63) is 69.6 Å². The molecule has 0 bridgehead atoms. The Morgan fingerprint density at radius 1 is 1.24 bits per heavy atom. The van der Waals surface area contributed by atoms with Crippen molar-refractivity contribution >= 4 is 26.9 Å². The van der Waals surface area contributed by atoms with Crippen LogP contribution in [0.3, 0.4) is 0 Å². The molecular formula is C17H14BrFO2. The number of furan rings is 1. The first-order valence-corrected chi connectivity index (χ1v) is 7.45. The number of halogens is 2. The minimum absolute atomic E-state index is 0.296. The van der Waals surface area contributed by atoms with Crippen LogP contribution in [-0.2, 0) is 6.42 Å². The Balaban J connectivity index is 1.91. The zero-order chi connectivity index (χ0) is 15.0. The van der Waals surface area contributed by atoms with Crippen molar-refractivity contribution in [2.45, 2.75) is 19.4 Å². The first-order chi connectivity index (χ1) is 10.0. The molecule has 108 valence electrons. The number of benzene rings is 2. The summed E-state index contributed by atoms with van der Waals surface area (Å²) in [5, 5.41) is 11.3. The van der Waals surface area contributed by atoms with Gasteiger partial charge >= 0.3 is 0 Å². The van der Waals surface area contributed by atoms with Gasteiger partial charge in [0.25, 0.3) is 0 Å². The molecule has 1 atom stereocenters. The van der Waals surface area contributed by atoms with E-state index >= 15 is 0 Å². The van der Waals surface area contributed by atoms with Crippen molar-refractivity contribution < 1.29 is 13.9 Å². The summed E-state index contributed by atoms with van der Waals surface area (Å²) in [5.41, 5.74) is 2.44. The number of rotatable bonds is 3. The summed E-state index contributed by atoms with van der Waals surface area (Å²) in [7, 11) is 0. The summed E-state index contributed by atoms with van der Waals surface area (Å²) in [6, 6.07) is 12.1. The van der Waals surface area contributed by atoms with E-state index in [1.165, 1.54) is 12.1 Å². The lowest BCUT2D eigenvalue weighted by atomic mass is 10.0. The predicted octanol–water partition coefficient (Wildman–Crippen LogP) is 4.92. The molecule has 0 saturated heterocycles. The number of fused-ring (bicyclic) bond motifs is 1. The third-order valence-electron chi connectivity index (χ3n) is 3.57. The maximum Gasteiger partial charge on any atom is 0.148 e. The highest BCUT2D eigenvalue weighted by Crippen LogP contribution is 2.31. The van der Waals surface area contributed by atoms with Gasteiger partial charge in [-0.3, -0.25) is 0 Å². The van der Waals surface area contributed by atoms with Gasteiger partial charge in [-0.2, -0.15) is 0 Å². The molecule has 3 aromatic rings. The maximum atomic E-state index is 13.3. The van der Waals surface area contributed by atoms with E-state index in [0.29, 0.717) is 17.8 Å². The molecule has 0 amide bonds. The fourth-order valence-electron chi connectivity index (χ4n) is 2.38. The van der Waals surface area contributed by atoms with E-state index in [1.807, 2.05) is 31.2 Å². The molecule has 0 aliphatic rings. The molecule has 3 rings (SSSR count). The zero-order valence-electron chi connectivity index (χ0n) is 11.4. The van der Waals surface area contributed by atoms with Gasteiger partial charge in [-0.05, 0) is 58.2 Å². The van der Waals surface area contributed by atoms with Crippen LogP contribution in [-0.4, -0.2) is 5.11 Å². The van der Waals surface area contributed by atoms with E-state index < -0.39 is 6.10 Å². The Kier molecular flexibility index (Phi) is 3.83. The quantitative estimate of drug-likeness (QED) is 0.728. The van der Waals surface area contributed by atoms with Crippen LogP contribution in [0.1, 0.15) is 23.0 Å². The Morgan fingerprint density at radius 3 is 2.81 bits per heavy atom. The SMILES string of the molecule is Cc1ccc(F)cc1CC(O)c1cc2cccc(Br)c2o1. The number of hydrogen-bond donors (Lipinski definition) is 1. The minimum atomic E-state index is -0.801. The van der Waals surface area contributed by atoms with Gasteiger partial charge in [0, 0.05) is 11.8 Å². The lowest BCUT2D eigenvalue weighted by molar-refractivity contribution is 0.152. The normalized spacial score (nSPS) is 12.8. The number of aliphatic hydroxyl groups is 1. The first kappa shape index (κ1) is 14.3. The third kappa shape index (κ3) is 2.87. The topological polar surface area (TPSA) is 33.4 Å². The van der Waals surface area contributed by atoms with E-state index in [2.05, 4.69) is 15.9 Å². The molecule has 0 saturated carbocycles. The summed E-state index contributed by atoms with van der Waals surface area (Å²) in [4.78, 5) is 0. The Labute approximate surface area is 130 Å². The van der Waals surface area contributed by atoms with E-state index in [1.54, 1.807) is 6.07 Å². The highest BCUT2D eigenvalue weighted by Gasteiger charge is 2.16. The van der Waals surface area contributed by atoms with E-state index in [-0.39, 0.29) is 5.82 Å². The van der Waals surface area contributed by atoms with Crippen molar-refractivity contribution in [1.29, 1.82) is 0 Å². The Hall–Kier alpha value is -1.65. The molecule has 0 fully saturated rings. The largest absolute Gasteiger partial charge is 0.457 e. The third-order valence-corrected chi connectivity index (χ3v) is 4.19. The van der Waals surface area contributed by atoms with Crippen LogP contribution in [0.15, 0.2) is 51.4 Å². The second-order valence-corrected chi connectivity index (χ2v) is 5.95. The fourth-order valence-corrected chi connectivity index (χ4v) is 2.84. The molecule has 0 spiro atoms. The van der Waals surface area contributed by atoms with E-state index in [4.69, 9.17) is 4.42 Å². The van der Waals surface area contributed by atoms with Gasteiger partial charge in [-0.25, -0.2) is 4.39 Å². The second-order valence-electron chi connectivity index (χ2n) is 5.10. The average molecular weight is 349 g/mol. The van der Waals surface area contributed by atoms with Crippen LogP contribution in [0, 0.1) is 12.7 Å². The van der Waals surface area contributed by atoms with Crippen LogP contribution in [0.5, 0.6) is 0 Å². The highest BCUT2D eigenvalue weighted by molar-refractivity contribution is 9.10. The molecule has 1 N–H and O–H groups in total. The summed E-state index contributed by atoms with van der Waals surface area (Å²) in [6.45, 7) is 1.90. The van der Waals surface area contributed by atoms with Crippen molar-refractivity contribution in [1.82, 2.24) is 0 Å². The minimum Gasteiger partial charge on any atom is -0.457 e. The van der Waals surface area contributed by atoms with Gasteiger partial charge in [0.2, 0.25) is 0 Å². The van der Waals surface area contributed by atoms with Gasteiger partial charge in [0.15, 0.2) is 0 Å². The van der Waals surface area contributed by atoms with Crippen LogP contribution < -0.4 is 0 Å². The number of para-hydroxylation sites is 1. The smallest absolute Gasteiger partial charge is 0.148 e. The van der Waals surface area contributed by atoms with Gasteiger partial charge in [-0.15, -0.1) is 0 Å². The zero-order valence-corrected chi connectivity index (χ0v) is 13.0. The van der Waals surface area contributed by atoms with Gasteiger partial charge in [0.1, 0.15) is 23.3 Å². The molecule has 4 heteroatoms.